The second kappa shape index (κ2) is 13.5. The zero-order chi connectivity index (χ0) is 39.8. The van der Waals surface area contributed by atoms with Crippen LogP contribution in [0.3, 0.4) is 0 Å². The van der Waals surface area contributed by atoms with Crippen LogP contribution in [0.15, 0.2) is 191 Å². The number of rotatable bonds is 7. The van der Waals surface area contributed by atoms with Crippen LogP contribution in [0.1, 0.15) is 18.4 Å². The number of benzene rings is 7. The average Bonchev–Trinajstić information content (AvgIpc) is 3.99. The van der Waals surface area contributed by atoms with Crippen LogP contribution in [0.4, 0.5) is 0 Å². The Labute approximate surface area is 341 Å². The maximum atomic E-state index is 6.50. The van der Waals surface area contributed by atoms with Crippen LogP contribution in [0.25, 0.3) is 110 Å². The van der Waals surface area contributed by atoms with Gasteiger partial charge < -0.3 is 18.0 Å². The first kappa shape index (κ1) is 34.7. The first-order valence-corrected chi connectivity index (χ1v) is 20.2. The SMILES string of the molecule is C=C/C=C(\C=C/C)n1c2ccccc2c2cc(-c3ccc4oc(C)c(-c5c(C)oc6ccc(-c7ccc8c(c7)c7ccccc7n8-c7ccccc7)cc56)c4c3)ccc21. The predicted molar refractivity (Wildman–Crippen MR) is 248 cm³/mol. The monoisotopic (exact) mass is 760 g/mol. The largest absolute Gasteiger partial charge is 0.461 e. The Hall–Kier alpha value is -7.56. The maximum Gasteiger partial charge on any atom is 0.134 e. The van der Waals surface area contributed by atoms with E-state index in [9.17, 15) is 0 Å². The quantitative estimate of drug-likeness (QED) is 0.152. The molecule has 0 N–H and O–H groups in total. The molecule has 0 amide bonds. The third kappa shape index (κ3) is 5.37. The van der Waals surface area contributed by atoms with Gasteiger partial charge in [0.15, 0.2) is 0 Å². The van der Waals surface area contributed by atoms with Gasteiger partial charge >= 0.3 is 0 Å². The standard InChI is InChI=1S/C55H40N2O2/c1-5-14-40(15-6-2)56-48-20-12-10-18-42(48)44-30-36(22-26-50(44)56)38-24-28-52-46(32-38)54(34(3)58-52)55-35(4)59-53-29-25-39(33-47(53)55)37-23-27-51-45(31-37)43-19-11-13-21-49(43)57(51)41-16-8-7-9-17-41/h5-33H,1H2,2-4H3/b15-6-,40-14+. The molecule has 0 spiro atoms. The molecule has 0 saturated carbocycles. The van der Waals surface area contributed by atoms with Gasteiger partial charge in [-0.3, -0.25) is 0 Å². The van der Waals surface area contributed by atoms with Gasteiger partial charge in [0.2, 0.25) is 0 Å². The minimum Gasteiger partial charge on any atom is -0.461 e. The van der Waals surface area contributed by atoms with Gasteiger partial charge in [0, 0.05) is 54.8 Å². The molecule has 11 rings (SSSR count). The molecule has 0 saturated heterocycles. The molecule has 0 atom stereocenters. The molecule has 7 aromatic carbocycles. The molecule has 0 fully saturated rings. The van der Waals surface area contributed by atoms with Gasteiger partial charge in [-0.2, -0.15) is 0 Å². The lowest BCUT2D eigenvalue weighted by atomic mass is 9.94. The van der Waals surface area contributed by atoms with E-state index in [2.05, 4.69) is 199 Å². The molecule has 59 heavy (non-hydrogen) atoms. The number of nitrogens with zero attached hydrogens (tertiary/aromatic N) is 2. The number of aromatic nitrogens is 2. The number of furan rings is 2. The number of para-hydroxylation sites is 3. The van der Waals surface area contributed by atoms with Crippen molar-refractivity contribution in [1.82, 2.24) is 9.13 Å². The highest BCUT2D eigenvalue weighted by atomic mass is 16.3. The predicted octanol–water partition coefficient (Wildman–Crippen LogP) is 15.6. The third-order valence-electron chi connectivity index (χ3n) is 11.9. The smallest absolute Gasteiger partial charge is 0.134 e. The molecular formula is C55H40N2O2. The summed E-state index contributed by atoms with van der Waals surface area (Å²) in [5, 5.41) is 7.01. The van der Waals surface area contributed by atoms with E-state index < -0.39 is 0 Å². The van der Waals surface area contributed by atoms with Crippen molar-refractivity contribution in [1.29, 1.82) is 0 Å². The minimum absolute atomic E-state index is 0.856. The van der Waals surface area contributed by atoms with Crippen LogP contribution in [0.5, 0.6) is 0 Å². The van der Waals surface area contributed by atoms with Crippen LogP contribution < -0.4 is 0 Å². The number of fused-ring (bicyclic) bond motifs is 8. The Balaban J connectivity index is 1.05. The number of aryl methyl sites for hydroxylation is 2. The first-order valence-electron chi connectivity index (χ1n) is 20.2. The Kier molecular flexibility index (Phi) is 7.95. The summed E-state index contributed by atoms with van der Waals surface area (Å²) in [5.41, 5.74) is 15.3. The summed E-state index contributed by atoms with van der Waals surface area (Å²) >= 11 is 0. The highest BCUT2D eigenvalue weighted by molar-refractivity contribution is 6.13. The molecule has 11 aromatic rings. The van der Waals surface area contributed by atoms with Crippen molar-refractivity contribution in [3.8, 4) is 39.1 Å². The fourth-order valence-electron chi connectivity index (χ4n) is 9.35. The maximum absolute atomic E-state index is 6.50. The molecule has 0 aliphatic heterocycles. The molecule has 282 valence electrons. The van der Waals surface area contributed by atoms with Crippen molar-refractivity contribution in [3.05, 3.63) is 194 Å². The Morgan fingerprint density at radius 1 is 0.492 bits per heavy atom. The van der Waals surface area contributed by atoms with Gasteiger partial charge in [0.05, 0.1) is 22.1 Å². The summed E-state index contributed by atoms with van der Waals surface area (Å²) in [4.78, 5) is 0. The third-order valence-corrected chi connectivity index (χ3v) is 11.9. The van der Waals surface area contributed by atoms with E-state index in [1.807, 2.05) is 13.0 Å². The van der Waals surface area contributed by atoms with Crippen molar-refractivity contribution in [2.24, 2.45) is 0 Å². The fourth-order valence-corrected chi connectivity index (χ4v) is 9.35. The molecule has 0 aliphatic rings. The topological polar surface area (TPSA) is 36.1 Å². The van der Waals surface area contributed by atoms with Crippen molar-refractivity contribution in [2.75, 3.05) is 0 Å². The van der Waals surface area contributed by atoms with E-state index in [-0.39, 0.29) is 0 Å². The minimum atomic E-state index is 0.856. The Morgan fingerprint density at radius 2 is 0.949 bits per heavy atom. The van der Waals surface area contributed by atoms with Crippen molar-refractivity contribution in [3.63, 3.8) is 0 Å². The van der Waals surface area contributed by atoms with Crippen LogP contribution >= 0.6 is 0 Å². The highest BCUT2D eigenvalue weighted by Gasteiger charge is 2.23. The normalized spacial score (nSPS) is 12.4. The Morgan fingerprint density at radius 3 is 1.54 bits per heavy atom. The van der Waals surface area contributed by atoms with Crippen molar-refractivity contribution >= 4 is 71.2 Å². The summed E-state index contributed by atoms with van der Waals surface area (Å²) in [7, 11) is 0. The van der Waals surface area contributed by atoms with E-state index in [0.717, 1.165) is 89.3 Å². The molecule has 4 heteroatoms. The van der Waals surface area contributed by atoms with Crippen molar-refractivity contribution in [2.45, 2.75) is 20.8 Å². The Bertz CT molecular complexity index is 3540. The number of hydrogen-bond acceptors (Lipinski definition) is 2. The zero-order valence-corrected chi connectivity index (χ0v) is 33.2. The van der Waals surface area contributed by atoms with Crippen LogP contribution in [0, 0.1) is 13.8 Å². The van der Waals surface area contributed by atoms with Crippen LogP contribution in [-0.2, 0) is 0 Å². The summed E-state index contributed by atoms with van der Waals surface area (Å²) in [6.07, 6.45) is 8.11. The van der Waals surface area contributed by atoms with Gasteiger partial charge in [-0.15, -0.1) is 0 Å². The lowest BCUT2D eigenvalue weighted by Crippen LogP contribution is -1.94. The second-order valence-corrected chi connectivity index (χ2v) is 15.3. The van der Waals surface area contributed by atoms with Gasteiger partial charge in [-0.25, -0.2) is 0 Å². The van der Waals surface area contributed by atoms with Crippen LogP contribution in [0.2, 0.25) is 0 Å². The fraction of sp³-hybridized carbons (Fsp3) is 0.0545. The van der Waals surface area contributed by atoms with Gasteiger partial charge in [0.1, 0.15) is 22.7 Å². The van der Waals surface area contributed by atoms with E-state index in [1.165, 1.54) is 32.6 Å². The van der Waals surface area contributed by atoms with Gasteiger partial charge in [0.25, 0.3) is 0 Å². The lowest BCUT2D eigenvalue weighted by Gasteiger charge is -2.09. The average molecular weight is 761 g/mol. The van der Waals surface area contributed by atoms with E-state index >= 15 is 0 Å². The van der Waals surface area contributed by atoms with E-state index in [1.54, 1.807) is 0 Å². The summed E-state index contributed by atoms with van der Waals surface area (Å²) in [6.45, 7) is 10.2. The molecule has 4 nitrogen and oxygen atoms in total. The number of hydrogen-bond donors (Lipinski definition) is 0. The van der Waals surface area contributed by atoms with Crippen LogP contribution in [-0.4, -0.2) is 9.13 Å². The molecule has 0 radical (unpaired) electrons. The molecule has 4 heterocycles. The zero-order valence-electron chi connectivity index (χ0n) is 33.2. The van der Waals surface area contributed by atoms with Gasteiger partial charge in [-0.05, 0) is 128 Å². The van der Waals surface area contributed by atoms with E-state index in [4.69, 9.17) is 8.83 Å². The summed E-state index contributed by atoms with van der Waals surface area (Å²) in [5.74, 6) is 1.74. The summed E-state index contributed by atoms with van der Waals surface area (Å²) < 4.78 is 17.7. The summed E-state index contributed by atoms with van der Waals surface area (Å²) in [6, 6.07) is 54.6. The molecule has 0 unspecified atom stereocenters. The molecule has 0 aliphatic carbocycles. The number of allylic oxidation sites excluding steroid dienone is 5. The van der Waals surface area contributed by atoms with Crippen molar-refractivity contribution < 1.29 is 8.83 Å². The lowest BCUT2D eigenvalue weighted by molar-refractivity contribution is 0.574. The second-order valence-electron chi connectivity index (χ2n) is 15.3. The first-order chi connectivity index (χ1) is 29.0. The molecule has 4 aromatic heterocycles. The molecular weight excluding hydrogens is 721 g/mol. The highest BCUT2D eigenvalue weighted by Crippen LogP contribution is 2.45. The van der Waals surface area contributed by atoms with Gasteiger partial charge in [-0.1, -0.05) is 97.6 Å². The molecule has 0 bridgehead atoms. The van der Waals surface area contributed by atoms with E-state index in [0.29, 0.717) is 0 Å².